The van der Waals surface area contributed by atoms with Gasteiger partial charge in [-0.1, -0.05) is 31.5 Å². The van der Waals surface area contributed by atoms with Gasteiger partial charge in [0.15, 0.2) is 5.13 Å². The number of amides is 1. The topological polar surface area (TPSA) is 85.4 Å². The van der Waals surface area contributed by atoms with Crippen LogP contribution in [0.3, 0.4) is 0 Å². The van der Waals surface area contributed by atoms with Crippen molar-refractivity contribution in [3.05, 3.63) is 52.6 Å². The molecule has 0 radical (unpaired) electrons. The monoisotopic (exact) mass is 530 g/mol. The third-order valence-corrected chi connectivity index (χ3v) is 6.26. The number of ether oxygens (including phenoxy) is 2. The van der Waals surface area contributed by atoms with Crippen molar-refractivity contribution >= 4 is 40.0 Å². The summed E-state index contributed by atoms with van der Waals surface area (Å²) >= 11 is 8.14. The zero-order chi connectivity index (χ0) is 26.5. The molecule has 7 nitrogen and oxygen atoms in total. The first-order valence-corrected chi connectivity index (χ1v) is 13.2. The molecule has 0 aliphatic heterocycles. The second-order valence-corrected chi connectivity index (χ2v) is 11.8. The van der Waals surface area contributed by atoms with E-state index < -0.39 is 17.2 Å². The van der Waals surface area contributed by atoms with Gasteiger partial charge in [-0.15, -0.1) is 11.3 Å². The van der Waals surface area contributed by atoms with Gasteiger partial charge in [0.1, 0.15) is 23.8 Å². The van der Waals surface area contributed by atoms with E-state index >= 15 is 0 Å². The van der Waals surface area contributed by atoms with E-state index in [0.717, 1.165) is 22.0 Å². The lowest BCUT2D eigenvalue weighted by Crippen LogP contribution is -2.52. The largest absolute Gasteiger partial charge is 0.490 e. The second-order valence-electron chi connectivity index (χ2n) is 10.6. The van der Waals surface area contributed by atoms with Gasteiger partial charge in [-0.25, -0.2) is 14.8 Å². The van der Waals surface area contributed by atoms with Crippen LogP contribution in [0.2, 0.25) is 5.02 Å². The molecule has 2 heterocycles. The number of aryl methyl sites for hydroxylation is 1. The Morgan fingerprint density at radius 3 is 2.47 bits per heavy atom. The summed E-state index contributed by atoms with van der Waals surface area (Å²) in [5.74, 6) is 1.59. The molecule has 2 N–H and O–H groups in total. The van der Waals surface area contributed by atoms with Crippen molar-refractivity contribution in [2.45, 2.75) is 66.0 Å². The molecule has 0 bridgehead atoms. The van der Waals surface area contributed by atoms with Crippen LogP contribution in [0.15, 0.2) is 41.9 Å². The molecule has 36 heavy (non-hydrogen) atoms. The number of carbonyl (C=O) groups excluding carboxylic acids is 1. The van der Waals surface area contributed by atoms with E-state index in [1.807, 2.05) is 70.3 Å². The van der Waals surface area contributed by atoms with Crippen LogP contribution in [0.25, 0.3) is 11.1 Å². The molecule has 194 valence electrons. The highest BCUT2D eigenvalue weighted by molar-refractivity contribution is 7.13. The number of anilines is 2. The van der Waals surface area contributed by atoms with Gasteiger partial charge in [-0.3, -0.25) is 0 Å². The highest BCUT2D eigenvalue weighted by Gasteiger charge is 2.31. The van der Waals surface area contributed by atoms with Gasteiger partial charge in [0, 0.05) is 11.6 Å². The number of thiazole rings is 1. The molecule has 1 unspecified atom stereocenters. The van der Waals surface area contributed by atoms with Gasteiger partial charge < -0.3 is 20.1 Å². The number of hydrogen-bond donors (Lipinski definition) is 2. The summed E-state index contributed by atoms with van der Waals surface area (Å²) in [6.45, 7) is 13.9. The SMILES string of the molecule is Cc1csc(Nc2cc(-c3ccc(OCC(C)(CC(C)C)NC(=O)OC(C)(C)C)c(Cl)c3)ccn2)n1. The van der Waals surface area contributed by atoms with E-state index in [0.29, 0.717) is 28.9 Å². The first-order chi connectivity index (χ1) is 16.8. The molecule has 0 spiro atoms. The molecule has 0 aliphatic rings. The number of nitrogens with zero attached hydrogens (tertiary/aromatic N) is 2. The smallest absolute Gasteiger partial charge is 0.408 e. The van der Waals surface area contributed by atoms with E-state index in [1.165, 1.54) is 11.3 Å². The van der Waals surface area contributed by atoms with Gasteiger partial charge in [0.25, 0.3) is 0 Å². The molecule has 0 aliphatic carbocycles. The maximum absolute atomic E-state index is 12.5. The zero-order valence-corrected chi connectivity index (χ0v) is 23.5. The van der Waals surface area contributed by atoms with Crippen LogP contribution in [-0.2, 0) is 4.74 Å². The number of halogens is 1. The normalized spacial score (nSPS) is 13.2. The Morgan fingerprint density at radius 2 is 1.86 bits per heavy atom. The fourth-order valence-electron chi connectivity index (χ4n) is 3.83. The molecule has 0 saturated carbocycles. The summed E-state index contributed by atoms with van der Waals surface area (Å²) in [5, 5.41) is 9.49. The highest BCUT2D eigenvalue weighted by atomic mass is 35.5. The number of rotatable bonds is 9. The Kier molecular flexibility index (Phi) is 8.84. The van der Waals surface area contributed by atoms with Gasteiger partial charge >= 0.3 is 6.09 Å². The van der Waals surface area contributed by atoms with Crippen LogP contribution < -0.4 is 15.4 Å². The van der Waals surface area contributed by atoms with E-state index in [-0.39, 0.29) is 6.61 Å². The van der Waals surface area contributed by atoms with Crippen molar-refractivity contribution in [1.29, 1.82) is 0 Å². The number of pyridine rings is 1. The molecule has 0 saturated heterocycles. The number of benzene rings is 1. The summed E-state index contributed by atoms with van der Waals surface area (Å²) in [5.41, 5.74) is 1.66. The maximum atomic E-state index is 12.5. The number of alkyl carbamates (subject to hydrolysis) is 1. The van der Waals surface area contributed by atoms with Crippen molar-refractivity contribution in [2.75, 3.05) is 11.9 Å². The highest BCUT2D eigenvalue weighted by Crippen LogP contribution is 2.32. The standard InChI is InChI=1S/C27H35ClN4O3S/c1-17(2)14-27(7,32-25(33)35-26(4,5)6)16-34-22-9-8-19(12-21(22)28)20-10-11-29-23(13-20)31-24-30-18(3)15-36-24/h8-13,15,17H,14,16H2,1-7H3,(H,32,33)(H,29,30,31). The first-order valence-electron chi connectivity index (χ1n) is 11.9. The lowest BCUT2D eigenvalue weighted by Gasteiger charge is -2.33. The fraction of sp³-hybridized carbons (Fsp3) is 0.444. The van der Waals surface area contributed by atoms with Crippen molar-refractivity contribution in [3.63, 3.8) is 0 Å². The zero-order valence-electron chi connectivity index (χ0n) is 21.9. The molecular formula is C27H35ClN4O3S. The lowest BCUT2D eigenvalue weighted by molar-refractivity contribution is 0.0408. The van der Waals surface area contributed by atoms with Gasteiger partial charge in [-0.2, -0.15) is 0 Å². The third-order valence-electron chi connectivity index (χ3n) is 5.09. The van der Waals surface area contributed by atoms with Crippen LogP contribution in [0.1, 0.15) is 53.7 Å². The number of nitrogens with one attached hydrogen (secondary N) is 2. The van der Waals surface area contributed by atoms with Crippen LogP contribution in [-0.4, -0.2) is 33.8 Å². The summed E-state index contributed by atoms with van der Waals surface area (Å²) in [6, 6.07) is 9.54. The number of carbonyl (C=O) groups is 1. The second kappa shape index (κ2) is 11.5. The predicted octanol–water partition coefficient (Wildman–Crippen LogP) is 7.62. The molecule has 3 aromatic rings. The number of aromatic nitrogens is 2. The molecule has 3 rings (SSSR count). The van der Waals surface area contributed by atoms with Crippen LogP contribution in [0.4, 0.5) is 15.7 Å². The van der Waals surface area contributed by atoms with Crippen molar-refractivity contribution in [3.8, 4) is 16.9 Å². The summed E-state index contributed by atoms with van der Waals surface area (Å²) in [6.07, 6.45) is 1.99. The minimum atomic E-state index is -0.627. The number of hydrogen-bond acceptors (Lipinski definition) is 7. The minimum Gasteiger partial charge on any atom is -0.490 e. The maximum Gasteiger partial charge on any atom is 0.408 e. The molecule has 2 aromatic heterocycles. The van der Waals surface area contributed by atoms with E-state index in [2.05, 4.69) is 34.4 Å². The third kappa shape index (κ3) is 8.38. The van der Waals surface area contributed by atoms with Gasteiger partial charge in [0.2, 0.25) is 0 Å². The Bertz CT molecular complexity index is 1190. The van der Waals surface area contributed by atoms with Crippen molar-refractivity contribution in [2.24, 2.45) is 5.92 Å². The van der Waals surface area contributed by atoms with E-state index in [4.69, 9.17) is 21.1 Å². The van der Waals surface area contributed by atoms with Crippen LogP contribution in [0.5, 0.6) is 5.75 Å². The summed E-state index contributed by atoms with van der Waals surface area (Å²) < 4.78 is 11.6. The average Bonchev–Trinajstić information content (AvgIpc) is 3.15. The summed E-state index contributed by atoms with van der Waals surface area (Å²) in [4.78, 5) is 21.3. The summed E-state index contributed by atoms with van der Waals surface area (Å²) in [7, 11) is 0. The molecule has 1 atom stereocenters. The van der Waals surface area contributed by atoms with Crippen LogP contribution >= 0.6 is 22.9 Å². The predicted molar refractivity (Wildman–Crippen MR) is 148 cm³/mol. The Labute approximate surface area is 222 Å². The quantitative estimate of drug-likeness (QED) is 0.296. The minimum absolute atomic E-state index is 0.250. The van der Waals surface area contributed by atoms with Gasteiger partial charge in [-0.05, 0) is 82.3 Å². The average molecular weight is 531 g/mol. The molecule has 1 amide bonds. The molecule has 1 aromatic carbocycles. The fourth-order valence-corrected chi connectivity index (χ4v) is 4.76. The Balaban J connectivity index is 1.71. The molecule has 9 heteroatoms. The molecular weight excluding hydrogens is 496 g/mol. The lowest BCUT2D eigenvalue weighted by atomic mass is 9.91. The van der Waals surface area contributed by atoms with Crippen molar-refractivity contribution < 1.29 is 14.3 Å². The Hall–Kier alpha value is -2.84. The van der Waals surface area contributed by atoms with Crippen LogP contribution in [0, 0.1) is 12.8 Å². The van der Waals surface area contributed by atoms with E-state index in [1.54, 1.807) is 6.20 Å². The Morgan fingerprint density at radius 1 is 1.14 bits per heavy atom. The van der Waals surface area contributed by atoms with E-state index in [9.17, 15) is 4.79 Å². The van der Waals surface area contributed by atoms with Gasteiger partial charge in [0.05, 0.1) is 16.3 Å². The van der Waals surface area contributed by atoms with Crippen molar-refractivity contribution in [1.82, 2.24) is 15.3 Å². The molecule has 0 fully saturated rings. The first kappa shape index (κ1) is 27.7.